The molecule has 0 saturated carbocycles. The van der Waals surface area contributed by atoms with Crippen molar-refractivity contribution in [3.8, 4) is 0 Å². The summed E-state index contributed by atoms with van der Waals surface area (Å²) in [5.41, 5.74) is 0.445. The van der Waals surface area contributed by atoms with Crippen LogP contribution in [-0.4, -0.2) is 15.0 Å². The largest absolute Gasteiger partial charge is 0.345 e. The first-order valence-corrected chi connectivity index (χ1v) is 3.09. The molecular weight excluding hydrogens is 142 g/mol. The van der Waals surface area contributed by atoms with Gasteiger partial charge >= 0.3 is 5.69 Å². The molecule has 0 aliphatic rings. The molecule has 0 atom stereocenters. The van der Waals surface area contributed by atoms with E-state index in [2.05, 4.69) is 15.0 Å². The summed E-state index contributed by atoms with van der Waals surface area (Å²) in [6.07, 6.45) is 1.47. The molecule has 4 heteroatoms. The van der Waals surface area contributed by atoms with Crippen molar-refractivity contribution in [1.29, 1.82) is 0 Å². The summed E-state index contributed by atoms with van der Waals surface area (Å²) in [6, 6.07) is 3.38. The lowest BCUT2D eigenvalue weighted by atomic mass is 10.4. The van der Waals surface area contributed by atoms with Crippen LogP contribution < -0.4 is 5.69 Å². The fourth-order valence-corrected chi connectivity index (χ4v) is 0.842. The van der Waals surface area contributed by atoms with Gasteiger partial charge in [-0.1, -0.05) is 0 Å². The second kappa shape index (κ2) is 2.16. The number of hydrogen-bond donors (Lipinski definition) is 1. The molecule has 2 heterocycles. The molecule has 0 aromatic carbocycles. The maximum Gasteiger partial charge on any atom is 0.345 e. The van der Waals surface area contributed by atoms with Crippen molar-refractivity contribution < 1.29 is 1.37 Å². The van der Waals surface area contributed by atoms with Crippen molar-refractivity contribution in [1.82, 2.24) is 15.0 Å². The number of fused-ring (bicyclic) bond motifs is 1. The molecule has 54 valence electrons. The van der Waals surface area contributed by atoms with Gasteiger partial charge in [-0.05, 0) is 12.1 Å². The predicted octanol–water partition coefficient (Wildman–Crippen LogP) is 0.318. The van der Waals surface area contributed by atoms with E-state index in [-0.39, 0.29) is 6.17 Å². The SMILES string of the molecule is [2H]c1nc(=O)[nH]c2cccnc12. The highest BCUT2D eigenvalue weighted by Gasteiger charge is 1.91. The minimum atomic E-state index is -0.513. The smallest absolute Gasteiger partial charge is 0.304 e. The van der Waals surface area contributed by atoms with Crippen LogP contribution in [0, 0.1) is 0 Å². The fraction of sp³-hybridized carbons (Fsp3) is 0. The molecular formula is C7H5N3O. The number of H-pyrrole nitrogens is 1. The quantitative estimate of drug-likeness (QED) is 0.585. The second-order valence-corrected chi connectivity index (χ2v) is 2.05. The summed E-state index contributed by atoms with van der Waals surface area (Å²) in [5, 5.41) is 0. The Morgan fingerprint density at radius 1 is 1.55 bits per heavy atom. The van der Waals surface area contributed by atoms with Crippen LogP contribution in [-0.2, 0) is 0 Å². The Kier molecular flexibility index (Phi) is 0.982. The number of aromatic nitrogens is 3. The molecule has 0 unspecified atom stereocenters. The van der Waals surface area contributed by atoms with Gasteiger partial charge in [0.25, 0.3) is 0 Å². The maximum absolute atomic E-state index is 10.8. The average Bonchev–Trinajstić information content (AvgIpc) is 2.04. The summed E-state index contributed by atoms with van der Waals surface area (Å²) >= 11 is 0. The van der Waals surface area contributed by atoms with E-state index in [1.807, 2.05) is 0 Å². The van der Waals surface area contributed by atoms with Gasteiger partial charge in [0.2, 0.25) is 0 Å². The molecule has 0 saturated heterocycles. The summed E-state index contributed by atoms with van der Waals surface area (Å²) in [6.45, 7) is 0. The van der Waals surface area contributed by atoms with Crippen LogP contribution >= 0.6 is 0 Å². The van der Waals surface area contributed by atoms with Crippen molar-refractivity contribution in [2.45, 2.75) is 0 Å². The standard InChI is InChI=1S/C7H5N3O/c11-7-9-4-6-5(10-7)2-1-3-8-6/h1-4H,(H,9,10,11)/i4D. The highest BCUT2D eigenvalue weighted by molar-refractivity contribution is 5.71. The number of rotatable bonds is 0. The van der Waals surface area contributed by atoms with Crippen LogP contribution in [0.5, 0.6) is 0 Å². The third-order valence-corrected chi connectivity index (χ3v) is 1.31. The molecule has 0 bridgehead atoms. The number of hydrogen-bond acceptors (Lipinski definition) is 3. The number of nitrogens with one attached hydrogen (secondary N) is 1. The Morgan fingerprint density at radius 2 is 2.45 bits per heavy atom. The fourth-order valence-electron chi connectivity index (χ4n) is 0.842. The molecule has 11 heavy (non-hydrogen) atoms. The summed E-state index contributed by atoms with van der Waals surface area (Å²) in [7, 11) is 0. The molecule has 0 fully saturated rings. The Labute approximate surface area is 63.3 Å². The van der Waals surface area contributed by atoms with E-state index in [9.17, 15) is 4.79 Å². The predicted molar refractivity (Wildman–Crippen MR) is 40.2 cm³/mol. The molecule has 1 N–H and O–H groups in total. The minimum absolute atomic E-state index is 0.0886. The van der Waals surface area contributed by atoms with Crippen LogP contribution in [0.15, 0.2) is 29.3 Å². The summed E-state index contributed by atoms with van der Waals surface area (Å²) in [5.74, 6) is 0. The highest BCUT2D eigenvalue weighted by atomic mass is 16.1. The highest BCUT2D eigenvalue weighted by Crippen LogP contribution is 2.00. The first-order valence-electron chi connectivity index (χ1n) is 3.59. The first-order chi connectivity index (χ1) is 5.77. The molecule has 0 spiro atoms. The van der Waals surface area contributed by atoms with Gasteiger partial charge in [0.1, 0.15) is 5.52 Å². The van der Waals surface area contributed by atoms with Gasteiger partial charge < -0.3 is 4.98 Å². The molecule has 0 aliphatic carbocycles. The van der Waals surface area contributed by atoms with Crippen molar-refractivity contribution in [3.63, 3.8) is 0 Å². The van der Waals surface area contributed by atoms with Gasteiger partial charge in [0.05, 0.1) is 13.1 Å². The maximum atomic E-state index is 10.8. The summed E-state index contributed by atoms with van der Waals surface area (Å²) < 4.78 is 7.31. The Balaban J connectivity index is 2.99. The first kappa shape index (κ1) is 5.01. The summed E-state index contributed by atoms with van der Waals surface area (Å²) in [4.78, 5) is 20.6. The van der Waals surface area contributed by atoms with Gasteiger partial charge in [-0.15, -0.1) is 0 Å². The molecule has 0 aliphatic heterocycles. The van der Waals surface area contributed by atoms with E-state index in [1.54, 1.807) is 18.3 Å². The lowest BCUT2D eigenvalue weighted by Gasteiger charge is -1.91. The third kappa shape index (κ3) is 0.980. The van der Waals surface area contributed by atoms with Crippen molar-refractivity contribution in [2.75, 3.05) is 0 Å². The monoisotopic (exact) mass is 148 g/mol. The molecule has 2 aromatic rings. The van der Waals surface area contributed by atoms with Gasteiger partial charge in [-0.3, -0.25) is 4.98 Å². The van der Waals surface area contributed by atoms with E-state index in [0.29, 0.717) is 11.0 Å². The number of aromatic amines is 1. The Hall–Kier alpha value is -1.71. The molecule has 4 nitrogen and oxygen atoms in total. The molecule has 0 amide bonds. The van der Waals surface area contributed by atoms with E-state index < -0.39 is 5.69 Å². The van der Waals surface area contributed by atoms with Gasteiger partial charge in [0.15, 0.2) is 0 Å². The third-order valence-electron chi connectivity index (χ3n) is 1.31. The van der Waals surface area contributed by atoms with Crippen LogP contribution in [0.1, 0.15) is 1.37 Å². The average molecular weight is 148 g/mol. The molecule has 2 rings (SSSR count). The number of pyridine rings is 1. The Bertz CT molecular complexity index is 479. The lowest BCUT2D eigenvalue weighted by molar-refractivity contribution is 1.11. The topological polar surface area (TPSA) is 58.6 Å². The van der Waals surface area contributed by atoms with Gasteiger partial charge in [-0.2, -0.15) is 4.98 Å². The molecule has 0 radical (unpaired) electrons. The van der Waals surface area contributed by atoms with Crippen molar-refractivity contribution in [3.05, 3.63) is 35.0 Å². The Morgan fingerprint density at radius 3 is 3.36 bits per heavy atom. The van der Waals surface area contributed by atoms with E-state index >= 15 is 0 Å². The van der Waals surface area contributed by atoms with E-state index in [0.717, 1.165) is 0 Å². The van der Waals surface area contributed by atoms with Crippen molar-refractivity contribution >= 4 is 11.0 Å². The zero-order chi connectivity index (χ0) is 8.55. The van der Waals surface area contributed by atoms with Crippen LogP contribution in [0.3, 0.4) is 0 Å². The van der Waals surface area contributed by atoms with Crippen LogP contribution in [0.25, 0.3) is 11.0 Å². The molecule has 2 aromatic heterocycles. The zero-order valence-corrected chi connectivity index (χ0v) is 5.53. The minimum Gasteiger partial charge on any atom is -0.304 e. The zero-order valence-electron chi connectivity index (χ0n) is 6.53. The van der Waals surface area contributed by atoms with Gasteiger partial charge in [-0.25, -0.2) is 4.79 Å². The lowest BCUT2D eigenvalue weighted by Crippen LogP contribution is -2.08. The van der Waals surface area contributed by atoms with Gasteiger partial charge in [0, 0.05) is 6.20 Å². The second-order valence-electron chi connectivity index (χ2n) is 2.05. The number of nitrogens with zero attached hydrogens (tertiary/aromatic N) is 2. The van der Waals surface area contributed by atoms with Crippen molar-refractivity contribution in [2.24, 2.45) is 0 Å². The van der Waals surface area contributed by atoms with Crippen LogP contribution in [0.2, 0.25) is 0 Å². The normalized spacial score (nSPS) is 11.5. The van der Waals surface area contributed by atoms with E-state index in [4.69, 9.17) is 1.37 Å². The van der Waals surface area contributed by atoms with E-state index in [1.165, 1.54) is 0 Å². The van der Waals surface area contributed by atoms with Crippen LogP contribution in [0.4, 0.5) is 0 Å².